The molecule has 6 nitrogen and oxygen atoms in total. The van der Waals surface area contributed by atoms with Crippen LogP contribution in [0, 0.1) is 15.9 Å². The monoisotopic (exact) mass is 298 g/mol. The molecule has 2 rings (SSSR count). The van der Waals surface area contributed by atoms with E-state index in [1.165, 1.54) is 18.2 Å². The van der Waals surface area contributed by atoms with Gasteiger partial charge in [-0.05, 0) is 12.1 Å². The van der Waals surface area contributed by atoms with Crippen LogP contribution in [0.3, 0.4) is 0 Å². The Labute approximate surface area is 117 Å². The van der Waals surface area contributed by atoms with Crippen molar-refractivity contribution in [2.75, 3.05) is 0 Å². The number of carboxylic acid groups (broad SMARTS) is 1. The third-order valence-corrected chi connectivity index (χ3v) is 3.06. The smallest absolute Gasteiger partial charge is 0.352 e. The number of rotatable bonds is 4. The van der Waals surface area contributed by atoms with Crippen molar-refractivity contribution in [3.8, 4) is 0 Å². The third-order valence-electron chi connectivity index (χ3n) is 2.70. The van der Waals surface area contributed by atoms with E-state index < -0.39 is 16.7 Å². The van der Waals surface area contributed by atoms with E-state index in [0.717, 1.165) is 16.8 Å². The van der Waals surface area contributed by atoms with Crippen LogP contribution in [-0.2, 0) is 6.54 Å². The molecular weight excluding hydrogens is 291 g/mol. The molecule has 0 saturated heterocycles. The molecule has 0 radical (unpaired) electrons. The summed E-state index contributed by atoms with van der Waals surface area (Å²) in [6, 6.07) is 4.96. The first-order valence-electron chi connectivity index (χ1n) is 5.41. The number of halogens is 2. The molecule has 0 atom stereocenters. The predicted molar refractivity (Wildman–Crippen MR) is 68.6 cm³/mol. The van der Waals surface area contributed by atoms with Crippen molar-refractivity contribution in [2.24, 2.45) is 0 Å². The highest BCUT2D eigenvalue weighted by atomic mass is 35.5. The van der Waals surface area contributed by atoms with Crippen LogP contribution in [0.25, 0.3) is 0 Å². The fraction of sp³-hybridized carbons (Fsp3) is 0.0833. The Balaban J connectivity index is 2.47. The zero-order chi connectivity index (χ0) is 14.9. The highest BCUT2D eigenvalue weighted by Gasteiger charge is 2.20. The lowest BCUT2D eigenvalue weighted by atomic mass is 10.2. The maximum Gasteiger partial charge on any atom is 0.352 e. The summed E-state index contributed by atoms with van der Waals surface area (Å²) in [4.78, 5) is 21.0. The topological polar surface area (TPSA) is 85.4 Å². The van der Waals surface area contributed by atoms with Crippen LogP contribution in [0.5, 0.6) is 0 Å². The van der Waals surface area contributed by atoms with E-state index in [1.807, 2.05) is 0 Å². The van der Waals surface area contributed by atoms with Gasteiger partial charge in [0.2, 0.25) is 0 Å². The minimum absolute atomic E-state index is 0.0714. The Kier molecular flexibility index (Phi) is 3.71. The summed E-state index contributed by atoms with van der Waals surface area (Å²) in [5.41, 5.74) is -0.618. The summed E-state index contributed by atoms with van der Waals surface area (Å²) in [6.45, 7) is -0.207. The van der Waals surface area contributed by atoms with E-state index >= 15 is 0 Å². The molecule has 0 saturated carbocycles. The number of nitro groups is 1. The van der Waals surface area contributed by atoms with Crippen molar-refractivity contribution < 1.29 is 19.2 Å². The number of hydrogen-bond acceptors (Lipinski definition) is 3. The number of hydrogen-bond donors (Lipinski definition) is 1. The molecule has 0 spiro atoms. The Morgan fingerprint density at radius 1 is 1.50 bits per heavy atom. The minimum atomic E-state index is -1.34. The molecule has 0 bridgehead atoms. The maximum absolute atomic E-state index is 13.7. The van der Waals surface area contributed by atoms with Crippen molar-refractivity contribution in [2.45, 2.75) is 6.54 Å². The SMILES string of the molecule is O=C(O)c1cc([N+](=O)[O-])cn1Cc1c(F)cccc1Cl. The molecule has 0 aliphatic carbocycles. The second-order valence-corrected chi connectivity index (χ2v) is 4.38. The zero-order valence-electron chi connectivity index (χ0n) is 9.92. The summed E-state index contributed by atoms with van der Waals surface area (Å²) in [5, 5.41) is 19.8. The fourth-order valence-corrected chi connectivity index (χ4v) is 1.98. The largest absolute Gasteiger partial charge is 0.477 e. The summed E-state index contributed by atoms with van der Waals surface area (Å²) in [7, 11) is 0. The van der Waals surface area contributed by atoms with Crippen molar-refractivity contribution in [3.63, 3.8) is 0 Å². The Bertz CT molecular complexity index is 679. The lowest BCUT2D eigenvalue weighted by Crippen LogP contribution is -2.09. The standard InChI is InChI=1S/C12H8ClFN2O4/c13-9-2-1-3-10(14)8(9)6-15-5-7(16(19)20)4-11(15)12(17)18/h1-5H,6H2,(H,17,18). The maximum atomic E-state index is 13.7. The molecule has 0 amide bonds. The average molecular weight is 299 g/mol. The van der Waals surface area contributed by atoms with Gasteiger partial charge in [-0.2, -0.15) is 0 Å². The first-order chi connectivity index (χ1) is 9.40. The number of carbonyl (C=O) groups is 1. The summed E-state index contributed by atoms with van der Waals surface area (Å²) < 4.78 is 14.7. The van der Waals surface area contributed by atoms with Gasteiger partial charge < -0.3 is 9.67 Å². The summed E-state index contributed by atoms with van der Waals surface area (Å²) in [5.74, 6) is -1.95. The molecule has 0 unspecified atom stereocenters. The lowest BCUT2D eigenvalue weighted by Gasteiger charge is -2.08. The van der Waals surface area contributed by atoms with Gasteiger partial charge in [0.25, 0.3) is 5.69 Å². The van der Waals surface area contributed by atoms with E-state index in [1.54, 1.807) is 0 Å². The Morgan fingerprint density at radius 3 is 2.75 bits per heavy atom. The highest BCUT2D eigenvalue weighted by molar-refractivity contribution is 6.31. The zero-order valence-corrected chi connectivity index (χ0v) is 10.7. The van der Waals surface area contributed by atoms with Crippen LogP contribution in [-0.4, -0.2) is 20.6 Å². The molecule has 2 aromatic rings. The van der Waals surface area contributed by atoms with Crippen LogP contribution >= 0.6 is 11.6 Å². The van der Waals surface area contributed by atoms with Crippen molar-refractivity contribution in [1.82, 2.24) is 4.57 Å². The molecule has 1 heterocycles. The van der Waals surface area contributed by atoms with Crippen LogP contribution in [0.15, 0.2) is 30.5 Å². The van der Waals surface area contributed by atoms with Gasteiger partial charge >= 0.3 is 5.97 Å². The number of aromatic carboxylic acids is 1. The van der Waals surface area contributed by atoms with Gasteiger partial charge in [-0.25, -0.2) is 9.18 Å². The van der Waals surface area contributed by atoms with Gasteiger partial charge in [0.05, 0.1) is 17.7 Å². The lowest BCUT2D eigenvalue weighted by molar-refractivity contribution is -0.384. The van der Waals surface area contributed by atoms with Crippen molar-refractivity contribution in [1.29, 1.82) is 0 Å². The van der Waals surface area contributed by atoms with E-state index in [-0.39, 0.29) is 28.5 Å². The molecular formula is C12H8ClFN2O4. The van der Waals surface area contributed by atoms with E-state index in [0.29, 0.717) is 0 Å². The quantitative estimate of drug-likeness (QED) is 0.694. The van der Waals surface area contributed by atoms with Gasteiger partial charge in [0.15, 0.2) is 0 Å². The predicted octanol–water partition coefficient (Wildman–Crippen LogP) is 2.94. The van der Waals surface area contributed by atoms with Gasteiger partial charge in [-0.15, -0.1) is 0 Å². The first kappa shape index (κ1) is 14.0. The number of carboxylic acids is 1. The second kappa shape index (κ2) is 5.30. The van der Waals surface area contributed by atoms with Gasteiger partial charge in [0.1, 0.15) is 11.5 Å². The van der Waals surface area contributed by atoms with Crippen LogP contribution in [0.1, 0.15) is 16.1 Å². The summed E-state index contributed by atoms with van der Waals surface area (Å²) >= 11 is 5.85. The number of benzene rings is 1. The number of nitrogens with zero attached hydrogens (tertiary/aromatic N) is 2. The molecule has 1 aromatic heterocycles. The van der Waals surface area contributed by atoms with Crippen molar-refractivity contribution >= 4 is 23.3 Å². The van der Waals surface area contributed by atoms with E-state index in [4.69, 9.17) is 16.7 Å². The van der Waals surface area contributed by atoms with Gasteiger partial charge in [-0.3, -0.25) is 10.1 Å². The van der Waals surface area contributed by atoms with E-state index in [9.17, 15) is 19.3 Å². The molecule has 0 fully saturated rings. The average Bonchev–Trinajstić information content (AvgIpc) is 2.78. The van der Waals surface area contributed by atoms with Gasteiger partial charge in [0, 0.05) is 16.7 Å². The molecule has 0 aliphatic heterocycles. The number of aromatic nitrogens is 1. The molecule has 104 valence electrons. The fourth-order valence-electron chi connectivity index (χ4n) is 1.76. The second-order valence-electron chi connectivity index (χ2n) is 3.97. The first-order valence-corrected chi connectivity index (χ1v) is 5.78. The van der Waals surface area contributed by atoms with Crippen LogP contribution in [0.2, 0.25) is 5.02 Å². The van der Waals surface area contributed by atoms with E-state index in [2.05, 4.69) is 0 Å². The normalized spacial score (nSPS) is 10.5. The molecule has 1 aromatic carbocycles. The Morgan fingerprint density at radius 2 is 2.20 bits per heavy atom. The highest BCUT2D eigenvalue weighted by Crippen LogP contribution is 2.23. The molecule has 8 heteroatoms. The molecule has 1 N–H and O–H groups in total. The van der Waals surface area contributed by atoms with Crippen LogP contribution < -0.4 is 0 Å². The third kappa shape index (κ3) is 2.62. The molecule has 0 aliphatic rings. The van der Waals surface area contributed by atoms with Crippen molar-refractivity contribution in [3.05, 3.63) is 62.7 Å². The van der Waals surface area contributed by atoms with Crippen LogP contribution in [0.4, 0.5) is 10.1 Å². The molecule has 20 heavy (non-hydrogen) atoms. The minimum Gasteiger partial charge on any atom is -0.477 e. The summed E-state index contributed by atoms with van der Waals surface area (Å²) in [6.07, 6.45) is 1.03. The Hall–Kier alpha value is -2.41. The van der Waals surface area contributed by atoms with Gasteiger partial charge in [-0.1, -0.05) is 17.7 Å².